The van der Waals surface area contributed by atoms with E-state index in [-0.39, 0.29) is 0 Å². The third-order valence-electron chi connectivity index (χ3n) is 2.19. The van der Waals surface area contributed by atoms with Crippen LogP contribution >= 0.6 is 12.2 Å². The molecule has 2 nitrogen and oxygen atoms in total. The van der Waals surface area contributed by atoms with Crippen LogP contribution in [-0.4, -0.2) is 10.7 Å². The molecule has 0 N–H and O–H groups in total. The van der Waals surface area contributed by atoms with Gasteiger partial charge in [-0.25, -0.2) is 5.01 Å². The van der Waals surface area contributed by atoms with Crippen molar-refractivity contribution >= 4 is 28.6 Å². The fraction of sp³-hybridized carbons (Fsp3) is 0.273. The average Bonchev–Trinajstić information content (AvgIpc) is 2.47. The topological polar surface area (TPSA) is 15.6 Å². The van der Waals surface area contributed by atoms with Crippen LogP contribution in [-0.2, 0) is 0 Å². The number of rotatable bonds is 1. The second kappa shape index (κ2) is 3.50. The van der Waals surface area contributed by atoms with Crippen LogP contribution in [0.15, 0.2) is 29.4 Å². The van der Waals surface area contributed by atoms with E-state index in [9.17, 15) is 0 Å². The van der Waals surface area contributed by atoms with Gasteiger partial charge in [0.05, 0.1) is 5.69 Å². The minimum absolute atomic E-state index is 0.809. The molecule has 0 atom stereocenters. The summed E-state index contributed by atoms with van der Waals surface area (Å²) in [6.07, 6.45) is 0.809. The van der Waals surface area contributed by atoms with E-state index in [2.05, 4.69) is 24.2 Å². The number of hydrogen-bond acceptors (Lipinski definition) is 2. The maximum absolute atomic E-state index is 5.24. The summed E-state index contributed by atoms with van der Waals surface area (Å²) >= 11 is 5.24. The molecule has 1 aliphatic heterocycles. The number of thiocarbonyl (C=S) groups is 1. The summed E-state index contributed by atoms with van der Waals surface area (Å²) in [7, 11) is 0. The van der Waals surface area contributed by atoms with E-state index < -0.39 is 0 Å². The first kappa shape index (κ1) is 9.34. The highest BCUT2D eigenvalue weighted by Crippen LogP contribution is 2.21. The van der Waals surface area contributed by atoms with E-state index in [4.69, 9.17) is 12.2 Å². The highest BCUT2D eigenvalue weighted by Gasteiger charge is 2.18. The van der Waals surface area contributed by atoms with E-state index in [1.165, 1.54) is 5.56 Å². The van der Waals surface area contributed by atoms with Gasteiger partial charge in [0.25, 0.3) is 0 Å². The number of hydrogen-bond donors (Lipinski definition) is 0. The van der Waals surface area contributed by atoms with E-state index >= 15 is 0 Å². The minimum Gasteiger partial charge on any atom is -0.227 e. The number of benzene rings is 1. The van der Waals surface area contributed by atoms with Gasteiger partial charge in [-0.05, 0) is 26.0 Å². The summed E-state index contributed by atoms with van der Waals surface area (Å²) in [5.41, 5.74) is 3.38. The van der Waals surface area contributed by atoms with Crippen molar-refractivity contribution in [2.24, 2.45) is 5.10 Å². The lowest BCUT2D eigenvalue weighted by Crippen LogP contribution is -2.17. The third kappa shape index (κ3) is 1.68. The number of anilines is 1. The predicted octanol–water partition coefficient (Wildman–Crippen LogP) is 2.91. The highest BCUT2D eigenvalue weighted by atomic mass is 32.1. The van der Waals surface area contributed by atoms with Gasteiger partial charge in [0.2, 0.25) is 0 Å². The Hall–Kier alpha value is -1.22. The second-order valence-corrected chi connectivity index (χ2v) is 4.02. The van der Waals surface area contributed by atoms with Crippen molar-refractivity contribution in [1.82, 2.24) is 0 Å². The molecule has 0 aliphatic carbocycles. The highest BCUT2D eigenvalue weighted by molar-refractivity contribution is 7.80. The fourth-order valence-corrected chi connectivity index (χ4v) is 1.80. The molecule has 0 radical (unpaired) electrons. The molecule has 0 aromatic heterocycles. The van der Waals surface area contributed by atoms with Gasteiger partial charge in [-0.1, -0.05) is 29.9 Å². The zero-order valence-electron chi connectivity index (χ0n) is 8.32. The van der Waals surface area contributed by atoms with Crippen molar-refractivity contribution in [3.05, 3.63) is 29.8 Å². The maximum Gasteiger partial charge on any atom is 0.111 e. The lowest BCUT2D eigenvalue weighted by molar-refractivity contribution is 1.17. The van der Waals surface area contributed by atoms with Gasteiger partial charge < -0.3 is 0 Å². The number of aryl methyl sites for hydroxylation is 1. The van der Waals surface area contributed by atoms with Crippen LogP contribution in [0.25, 0.3) is 0 Å². The molecule has 0 saturated carbocycles. The number of hydrazone groups is 1. The molecule has 0 amide bonds. The molecule has 1 aliphatic rings. The summed E-state index contributed by atoms with van der Waals surface area (Å²) < 4.78 is 0. The van der Waals surface area contributed by atoms with E-state index in [0.717, 1.165) is 22.8 Å². The van der Waals surface area contributed by atoms with Crippen LogP contribution in [0.4, 0.5) is 5.69 Å². The van der Waals surface area contributed by atoms with E-state index in [1.807, 2.05) is 24.1 Å². The molecular weight excluding hydrogens is 192 g/mol. The zero-order chi connectivity index (χ0) is 10.1. The Morgan fingerprint density at radius 1 is 1.21 bits per heavy atom. The first-order valence-electron chi connectivity index (χ1n) is 4.60. The van der Waals surface area contributed by atoms with Crippen molar-refractivity contribution < 1.29 is 0 Å². The van der Waals surface area contributed by atoms with Crippen molar-refractivity contribution in [3.63, 3.8) is 0 Å². The molecule has 0 unspecified atom stereocenters. The molecule has 3 heteroatoms. The van der Waals surface area contributed by atoms with Crippen LogP contribution in [0.3, 0.4) is 0 Å². The Labute approximate surface area is 89.2 Å². The fourth-order valence-electron chi connectivity index (χ4n) is 1.44. The molecule has 1 aromatic carbocycles. The Bertz CT molecular complexity index is 392. The summed E-state index contributed by atoms with van der Waals surface area (Å²) in [4.78, 5) is 0.881. The molecular formula is C11H12N2S. The maximum atomic E-state index is 5.24. The van der Waals surface area contributed by atoms with Crippen molar-refractivity contribution in [1.29, 1.82) is 0 Å². The molecule has 0 fully saturated rings. The largest absolute Gasteiger partial charge is 0.227 e. The molecule has 14 heavy (non-hydrogen) atoms. The second-order valence-electron chi connectivity index (χ2n) is 3.55. The SMILES string of the molecule is CC1=NN(c2ccc(C)cc2)C(=S)C1. The summed E-state index contributed by atoms with van der Waals surface area (Å²) in [6.45, 7) is 4.07. The van der Waals surface area contributed by atoms with Crippen LogP contribution in [0.5, 0.6) is 0 Å². The Morgan fingerprint density at radius 2 is 1.86 bits per heavy atom. The summed E-state index contributed by atoms with van der Waals surface area (Å²) in [6, 6.07) is 8.23. The normalized spacial score (nSPS) is 16.0. The van der Waals surface area contributed by atoms with Gasteiger partial charge in [-0.2, -0.15) is 5.10 Å². The van der Waals surface area contributed by atoms with Gasteiger partial charge in [0.15, 0.2) is 0 Å². The van der Waals surface area contributed by atoms with Crippen LogP contribution in [0.2, 0.25) is 0 Å². The molecule has 2 rings (SSSR count). The van der Waals surface area contributed by atoms with Crippen LogP contribution in [0, 0.1) is 6.92 Å². The summed E-state index contributed by atoms with van der Waals surface area (Å²) in [5, 5.41) is 6.22. The van der Waals surface area contributed by atoms with Gasteiger partial charge >= 0.3 is 0 Å². The molecule has 1 heterocycles. The zero-order valence-corrected chi connectivity index (χ0v) is 9.14. The number of nitrogens with zero attached hydrogens (tertiary/aromatic N) is 2. The van der Waals surface area contributed by atoms with Crippen molar-refractivity contribution in [2.45, 2.75) is 20.3 Å². The lowest BCUT2D eigenvalue weighted by atomic mass is 10.2. The van der Waals surface area contributed by atoms with E-state index in [0.29, 0.717) is 0 Å². The van der Waals surface area contributed by atoms with Gasteiger partial charge in [0, 0.05) is 12.1 Å². The summed E-state index contributed by atoms with van der Waals surface area (Å²) in [5.74, 6) is 0. The molecule has 0 spiro atoms. The van der Waals surface area contributed by atoms with Crippen molar-refractivity contribution in [3.8, 4) is 0 Å². The van der Waals surface area contributed by atoms with E-state index in [1.54, 1.807) is 0 Å². The Balaban J connectivity index is 2.32. The Kier molecular flexibility index (Phi) is 2.33. The molecule has 72 valence electrons. The smallest absolute Gasteiger partial charge is 0.111 e. The van der Waals surface area contributed by atoms with Gasteiger partial charge in [-0.3, -0.25) is 0 Å². The van der Waals surface area contributed by atoms with Gasteiger partial charge in [-0.15, -0.1) is 0 Å². The Morgan fingerprint density at radius 3 is 2.36 bits per heavy atom. The van der Waals surface area contributed by atoms with Crippen molar-refractivity contribution in [2.75, 3.05) is 5.01 Å². The van der Waals surface area contributed by atoms with Crippen LogP contribution < -0.4 is 5.01 Å². The quantitative estimate of drug-likeness (QED) is 0.654. The average molecular weight is 204 g/mol. The minimum atomic E-state index is 0.809. The predicted molar refractivity (Wildman–Crippen MR) is 64.0 cm³/mol. The van der Waals surface area contributed by atoms with Crippen LogP contribution in [0.1, 0.15) is 18.9 Å². The lowest BCUT2D eigenvalue weighted by Gasteiger charge is -2.13. The molecule has 0 bridgehead atoms. The molecule has 1 aromatic rings. The van der Waals surface area contributed by atoms with Gasteiger partial charge in [0.1, 0.15) is 4.99 Å². The molecule has 0 saturated heterocycles. The monoisotopic (exact) mass is 204 g/mol. The first-order valence-corrected chi connectivity index (χ1v) is 5.01. The third-order valence-corrected chi connectivity index (χ3v) is 2.51. The first-order chi connectivity index (χ1) is 6.66. The standard InChI is InChI=1S/C11H12N2S/c1-8-3-5-10(6-4-8)13-11(14)7-9(2)12-13/h3-6H,7H2,1-2H3.